The number of benzene rings is 1. The van der Waals surface area contributed by atoms with E-state index in [-0.39, 0.29) is 0 Å². The van der Waals surface area contributed by atoms with Gasteiger partial charge in [-0.05, 0) is 74.3 Å². The monoisotopic (exact) mass is 407 g/mol. The molecule has 1 aromatic carbocycles. The minimum Gasteiger partial charge on any atom is -0.497 e. The first kappa shape index (κ1) is 19.3. The van der Waals surface area contributed by atoms with E-state index in [1.165, 1.54) is 16.4 Å². The summed E-state index contributed by atoms with van der Waals surface area (Å²) in [6, 6.07) is 8.70. The molecule has 1 aliphatic carbocycles. The van der Waals surface area contributed by atoms with Crippen LogP contribution in [0.15, 0.2) is 24.3 Å². The molecule has 0 saturated carbocycles. The second-order valence-electron chi connectivity index (χ2n) is 8.48. The van der Waals surface area contributed by atoms with Gasteiger partial charge in [-0.2, -0.15) is 0 Å². The van der Waals surface area contributed by atoms with Crippen LogP contribution < -0.4 is 26.0 Å². The summed E-state index contributed by atoms with van der Waals surface area (Å²) in [5.41, 5.74) is 7.34. The molecule has 5 rings (SSSR count). The number of methoxy groups -OCH3 is 1. The predicted molar refractivity (Wildman–Crippen MR) is 114 cm³/mol. The van der Waals surface area contributed by atoms with Crippen molar-refractivity contribution in [1.29, 1.82) is 0 Å². The van der Waals surface area contributed by atoms with Crippen LogP contribution in [-0.2, 0) is 13.0 Å². The second-order valence-corrected chi connectivity index (χ2v) is 8.48. The first-order chi connectivity index (χ1) is 14.7. The van der Waals surface area contributed by atoms with E-state index in [9.17, 15) is 0 Å². The van der Waals surface area contributed by atoms with E-state index in [0.29, 0.717) is 6.04 Å². The maximum atomic E-state index is 5.30. The number of hydrogen-bond acceptors (Lipinski definition) is 8. The molecule has 0 amide bonds. The third-order valence-electron chi connectivity index (χ3n) is 6.34. The number of nitrogens with one attached hydrogen (secondary N) is 2. The highest BCUT2D eigenvalue weighted by atomic mass is 16.5. The van der Waals surface area contributed by atoms with E-state index in [4.69, 9.17) is 4.74 Å². The summed E-state index contributed by atoms with van der Waals surface area (Å²) in [7, 11) is 3.88. The van der Waals surface area contributed by atoms with Crippen molar-refractivity contribution in [2.45, 2.75) is 38.3 Å². The molecule has 1 saturated heterocycles. The Kier molecular flexibility index (Phi) is 5.26. The molecule has 30 heavy (non-hydrogen) atoms. The van der Waals surface area contributed by atoms with E-state index in [1.54, 1.807) is 7.11 Å². The van der Waals surface area contributed by atoms with Crippen molar-refractivity contribution in [2.75, 3.05) is 33.8 Å². The maximum absolute atomic E-state index is 5.30. The zero-order valence-corrected chi connectivity index (χ0v) is 17.7. The van der Waals surface area contributed by atoms with Crippen LogP contribution in [0.5, 0.6) is 5.75 Å². The van der Waals surface area contributed by atoms with Gasteiger partial charge in [0.1, 0.15) is 16.9 Å². The Hall–Kier alpha value is -2.71. The maximum Gasteiger partial charge on any atom is 0.143 e. The van der Waals surface area contributed by atoms with Gasteiger partial charge in [0.2, 0.25) is 0 Å². The Bertz CT molecular complexity index is 1030. The van der Waals surface area contributed by atoms with Crippen molar-refractivity contribution < 1.29 is 4.74 Å². The number of likely N-dealkylation sites (tertiary alicyclic amines) is 1. The molecular formula is C22H29N7O. The van der Waals surface area contributed by atoms with Gasteiger partial charge in [0.25, 0.3) is 0 Å². The molecule has 8 nitrogen and oxygen atoms in total. The van der Waals surface area contributed by atoms with Crippen molar-refractivity contribution in [3.05, 3.63) is 46.1 Å². The second kappa shape index (κ2) is 8.20. The minimum atomic E-state index is 0.431. The van der Waals surface area contributed by atoms with E-state index >= 15 is 0 Å². The first-order valence-electron chi connectivity index (χ1n) is 10.7. The van der Waals surface area contributed by atoms with Crippen LogP contribution in [0.3, 0.4) is 0 Å². The Balaban J connectivity index is 1.46. The third kappa shape index (κ3) is 3.85. The van der Waals surface area contributed by atoms with Gasteiger partial charge in [0.05, 0.1) is 12.8 Å². The molecule has 8 heteroatoms. The minimum absolute atomic E-state index is 0.431. The summed E-state index contributed by atoms with van der Waals surface area (Å²) in [4.78, 5) is 2.38. The number of aryl methyl sites for hydroxylation is 1. The summed E-state index contributed by atoms with van der Waals surface area (Å²) in [6.07, 6.45) is 4.21. The average molecular weight is 408 g/mol. The third-order valence-corrected chi connectivity index (χ3v) is 6.34. The molecule has 2 aromatic rings. The highest BCUT2D eigenvalue weighted by molar-refractivity contribution is 5.56. The molecule has 1 aromatic heterocycles. The van der Waals surface area contributed by atoms with E-state index in [0.717, 1.165) is 74.5 Å². The molecule has 0 radical (unpaired) electrons. The van der Waals surface area contributed by atoms with Gasteiger partial charge in [-0.3, -0.25) is 0 Å². The Morgan fingerprint density at radius 2 is 1.93 bits per heavy atom. The summed E-state index contributed by atoms with van der Waals surface area (Å²) in [5.74, 6) is 1.84. The lowest BCUT2D eigenvalue weighted by Crippen LogP contribution is -2.50. The van der Waals surface area contributed by atoms with Crippen LogP contribution in [0.2, 0.25) is 0 Å². The van der Waals surface area contributed by atoms with E-state index in [2.05, 4.69) is 55.2 Å². The van der Waals surface area contributed by atoms with Crippen molar-refractivity contribution in [2.24, 2.45) is 0 Å². The quantitative estimate of drug-likeness (QED) is 0.703. The lowest BCUT2D eigenvalue weighted by Gasteiger charge is -2.32. The zero-order chi connectivity index (χ0) is 20.5. The highest BCUT2D eigenvalue weighted by Crippen LogP contribution is 2.18. The summed E-state index contributed by atoms with van der Waals surface area (Å²) < 4.78 is 5.30. The highest BCUT2D eigenvalue weighted by Gasteiger charge is 2.25. The van der Waals surface area contributed by atoms with Gasteiger partial charge in [-0.1, -0.05) is 12.1 Å². The zero-order valence-electron chi connectivity index (χ0n) is 17.7. The van der Waals surface area contributed by atoms with Crippen molar-refractivity contribution >= 4 is 11.4 Å². The lowest BCUT2D eigenvalue weighted by molar-refractivity contribution is 0.223. The largest absolute Gasteiger partial charge is 0.497 e. The van der Waals surface area contributed by atoms with E-state index < -0.39 is 0 Å². The van der Waals surface area contributed by atoms with Gasteiger partial charge >= 0.3 is 0 Å². The average Bonchev–Trinajstić information content (AvgIpc) is 3.11. The van der Waals surface area contributed by atoms with Crippen LogP contribution in [-0.4, -0.2) is 65.2 Å². The summed E-state index contributed by atoms with van der Waals surface area (Å²) in [6.45, 7) is 3.85. The smallest absolute Gasteiger partial charge is 0.143 e. The number of ether oxygens (including phenoxy) is 1. The molecule has 2 aliphatic heterocycles. The van der Waals surface area contributed by atoms with Crippen LogP contribution >= 0.6 is 0 Å². The van der Waals surface area contributed by atoms with Crippen LogP contribution in [0, 0.1) is 0 Å². The lowest BCUT2D eigenvalue weighted by atomic mass is 10.1. The topological polar surface area (TPSA) is 78.4 Å². The molecule has 3 aliphatic rings. The molecule has 158 valence electrons. The fourth-order valence-electron chi connectivity index (χ4n) is 4.62. The number of aromatic nitrogens is 3. The number of hydrazine groups is 1. The summed E-state index contributed by atoms with van der Waals surface area (Å²) in [5, 5.41) is 21.0. The number of hydrogen-bond donors (Lipinski definition) is 2. The standard InChI is InChI=1S/C22H29N7O/c1-28-11-9-17(10-12-28)23-22-21-20-16(5-8-19(20)24-27-25-21)14-29(26-22)13-15-3-6-18(30-2)7-4-15/h3-4,6-7,17,23,26H,5,8-14H2,1-2H3. The van der Waals surface area contributed by atoms with Gasteiger partial charge in [0, 0.05) is 24.4 Å². The molecule has 0 bridgehead atoms. The van der Waals surface area contributed by atoms with Gasteiger partial charge in [0.15, 0.2) is 0 Å². The molecule has 2 N–H and O–H groups in total. The van der Waals surface area contributed by atoms with Crippen LogP contribution in [0.1, 0.15) is 30.5 Å². The first-order valence-corrected chi connectivity index (χ1v) is 10.7. The fourth-order valence-corrected chi connectivity index (χ4v) is 4.62. The number of piperidine rings is 1. The SMILES string of the molecule is COc1ccc(CN2CC3=c4c(nnnc4=C(NC4CCN(C)CC4)N2)CC3)cc1. The van der Waals surface area contributed by atoms with Crippen molar-refractivity contribution in [1.82, 2.24) is 36.1 Å². The van der Waals surface area contributed by atoms with Gasteiger partial charge in [-0.15, -0.1) is 10.2 Å². The fraction of sp³-hybridized carbons (Fsp3) is 0.500. The Labute approximate surface area is 176 Å². The van der Waals surface area contributed by atoms with Crippen LogP contribution in [0.4, 0.5) is 0 Å². The number of rotatable bonds is 5. The Morgan fingerprint density at radius 3 is 2.70 bits per heavy atom. The van der Waals surface area contributed by atoms with Gasteiger partial charge in [-0.25, -0.2) is 5.01 Å². The molecule has 0 spiro atoms. The van der Waals surface area contributed by atoms with Crippen molar-refractivity contribution in [3.8, 4) is 5.75 Å². The van der Waals surface area contributed by atoms with Crippen molar-refractivity contribution in [3.63, 3.8) is 0 Å². The normalized spacial score (nSPS) is 19.9. The molecule has 1 fully saturated rings. The molecule has 0 atom stereocenters. The molecular weight excluding hydrogens is 378 g/mol. The molecule has 3 heterocycles. The summed E-state index contributed by atoms with van der Waals surface area (Å²) >= 11 is 0. The van der Waals surface area contributed by atoms with E-state index in [1.807, 2.05) is 12.1 Å². The molecule has 0 unspecified atom stereocenters. The number of nitrogens with zero attached hydrogens (tertiary/aromatic N) is 5. The predicted octanol–water partition coefficient (Wildman–Crippen LogP) is -0.253. The van der Waals surface area contributed by atoms with Crippen LogP contribution in [0.25, 0.3) is 11.4 Å². The Morgan fingerprint density at radius 1 is 1.13 bits per heavy atom. The van der Waals surface area contributed by atoms with Gasteiger partial charge < -0.3 is 20.4 Å².